The van der Waals surface area contributed by atoms with Crippen LogP contribution in [0.3, 0.4) is 0 Å². The van der Waals surface area contributed by atoms with Crippen molar-refractivity contribution in [1.82, 2.24) is 0 Å². The molecule has 0 unspecified atom stereocenters. The summed E-state index contributed by atoms with van der Waals surface area (Å²) in [4.78, 5) is 23.5. The van der Waals surface area contributed by atoms with Crippen LogP contribution in [-0.2, 0) is 30.6 Å². The number of hydrogen-bond donors (Lipinski definition) is 0. The zero-order valence-electron chi connectivity index (χ0n) is 28.4. The Morgan fingerprint density at radius 3 is 2.17 bits per heavy atom. The molecule has 2 saturated carbocycles. The van der Waals surface area contributed by atoms with Gasteiger partial charge in [-0.2, -0.15) is 22.0 Å². The third kappa shape index (κ3) is 9.50. The van der Waals surface area contributed by atoms with Crippen molar-refractivity contribution in [2.45, 2.75) is 141 Å². The van der Waals surface area contributed by atoms with E-state index in [1.807, 2.05) is 12.1 Å². The molecule has 1 aromatic rings. The SMILES string of the molecule is CC(=O)Oc1ccc2c(c1)C[C@@H](CCCCCCCCCS(=O)(=O)CCCC(F)(F)C(F)(F)F)[C@@H]1[C@@H]2CC[C@]2(C)[C@@H](OC(C)=O)CC[C@@H]12. The van der Waals surface area contributed by atoms with E-state index in [1.54, 1.807) is 0 Å². The Morgan fingerprint density at radius 1 is 0.875 bits per heavy atom. The standard InChI is InChI=1S/C36H51F5O6S/c1-24(42)46-28-13-14-29-27(23-28)22-26(33-30(29)17-19-34(3)31(33)15-16-32(34)47-25(2)43)12-9-7-5-4-6-8-10-20-48(44,45)21-11-18-35(37,38)36(39,40)41/h13-14,23,26,30-33H,4-12,15-22H2,1-3H3/t26-,30-,31+,32+,33-,34+/m1/s1. The van der Waals surface area contributed by atoms with Crippen LogP contribution in [0, 0.1) is 23.2 Å². The van der Waals surface area contributed by atoms with Gasteiger partial charge in [0.2, 0.25) is 0 Å². The summed E-state index contributed by atoms with van der Waals surface area (Å²) in [7, 11) is -3.67. The Kier molecular flexibility index (Phi) is 12.7. The maximum atomic E-state index is 13.0. The molecule has 0 saturated heterocycles. The fourth-order valence-corrected chi connectivity index (χ4v) is 10.4. The Bertz CT molecular complexity index is 1380. The van der Waals surface area contributed by atoms with Crippen molar-refractivity contribution in [3.05, 3.63) is 29.3 Å². The number of alkyl halides is 5. The van der Waals surface area contributed by atoms with E-state index in [-0.39, 0.29) is 29.2 Å². The van der Waals surface area contributed by atoms with E-state index in [9.17, 15) is 40.0 Å². The third-order valence-electron chi connectivity index (χ3n) is 11.2. The molecular formula is C36H51F5O6S. The molecule has 1 aromatic carbocycles. The summed E-state index contributed by atoms with van der Waals surface area (Å²) >= 11 is 0. The van der Waals surface area contributed by atoms with Gasteiger partial charge in [-0.3, -0.25) is 9.59 Å². The number of rotatable bonds is 16. The molecule has 2 fully saturated rings. The molecular weight excluding hydrogens is 655 g/mol. The summed E-state index contributed by atoms with van der Waals surface area (Å²) in [6.45, 7) is 5.20. The molecule has 0 aliphatic heterocycles. The normalized spacial score (nSPS) is 27.1. The van der Waals surface area contributed by atoms with Gasteiger partial charge in [-0.05, 0) is 98.3 Å². The molecule has 0 spiro atoms. The van der Waals surface area contributed by atoms with E-state index < -0.39 is 40.5 Å². The summed E-state index contributed by atoms with van der Waals surface area (Å²) in [5.41, 5.74) is 2.57. The average Bonchev–Trinajstić information content (AvgIpc) is 3.29. The van der Waals surface area contributed by atoms with E-state index in [4.69, 9.17) is 9.47 Å². The second-order valence-electron chi connectivity index (χ2n) is 14.6. The number of carbonyl (C=O) groups is 2. The molecule has 0 amide bonds. The number of fused-ring (bicyclic) bond motifs is 5. The van der Waals surface area contributed by atoms with Gasteiger partial charge in [-0.1, -0.05) is 51.5 Å². The Hall–Kier alpha value is -2.24. The fourth-order valence-electron chi connectivity index (χ4n) is 8.99. The van der Waals surface area contributed by atoms with E-state index in [0.29, 0.717) is 42.3 Å². The largest absolute Gasteiger partial charge is 0.462 e. The van der Waals surface area contributed by atoms with E-state index in [1.165, 1.54) is 25.0 Å². The minimum absolute atomic E-state index is 0.0398. The molecule has 48 heavy (non-hydrogen) atoms. The first-order chi connectivity index (χ1) is 22.4. The van der Waals surface area contributed by atoms with Crippen LogP contribution in [0.25, 0.3) is 0 Å². The van der Waals surface area contributed by atoms with Gasteiger partial charge < -0.3 is 9.47 Å². The van der Waals surface area contributed by atoms with Gasteiger partial charge in [0.15, 0.2) is 0 Å². The Balaban J connectivity index is 1.26. The van der Waals surface area contributed by atoms with Crippen LogP contribution in [0.4, 0.5) is 22.0 Å². The highest BCUT2D eigenvalue weighted by Crippen LogP contribution is 2.63. The molecule has 6 nitrogen and oxygen atoms in total. The van der Waals surface area contributed by atoms with Crippen molar-refractivity contribution in [2.24, 2.45) is 23.2 Å². The lowest BCUT2D eigenvalue weighted by atomic mass is 9.52. The zero-order chi connectivity index (χ0) is 35.3. The first-order valence-electron chi connectivity index (χ1n) is 17.6. The topological polar surface area (TPSA) is 86.7 Å². The van der Waals surface area contributed by atoms with Crippen LogP contribution >= 0.6 is 0 Å². The molecule has 3 aliphatic rings. The summed E-state index contributed by atoms with van der Waals surface area (Å²) in [6, 6.07) is 6.07. The molecule has 0 N–H and O–H groups in total. The van der Waals surface area contributed by atoms with Crippen LogP contribution in [-0.4, -0.2) is 50.1 Å². The number of halogens is 5. The molecule has 272 valence electrons. The van der Waals surface area contributed by atoms with Crippen molar-refractivity contribution < 1.29 is 49.4 Å². The summed E-state index contributed by atoms with van der Waals surface area (Å²) in [5, 5.41) is 0. The van der Waals surface area contributed by atoms with Gasteiger partial charge >= 0.3 is 24.0 Å². The van der Waals surface area contributed by atoms with Gasteiger partial charge in [0.05, 0.1) is 11.5 Å². The van der Waals surface area contributed by atoms with Gasteiger partial charge in [0.1, 0.15) is 21.7 Å². The van der Waals surface area contributed by atoms with Gasteiger partial charge in [0, 0.05) is 25.7 Å². The quantitative estimate of drug-likeness (QED) is 0.0738. The van der Waals surface area contributed by atoms with Crippen molar-refractivity contribution >= 4 is 21.8 Å². The van der Waals surface area contributed by atoms with Crippen molar-refractivity contribution in [3.63, 3.8) is 0 Å². The van der Waals surface area contributed by atoms with Gasteiger partial charge in [-0.15, -0.1) is 0 Å². The van der Waals surface area contributed by atoms with Crippen LogP contribution in [0.5, 0.6) is 5.75 Å². The van der Waals surface area contributed by atoms with Crippen molar-refractivity contribution in [1.29, 1.82) is 0 Å². The predicted molar refractivity (Wildman–Crippen MR) is 173 cm³/mol. The summed E-state index contributed by atoms with van der Waals surface area (Å²) in [6.07, 6.45) is 3.89. The molecule has 3 aliphatic carbocycles. The first-order valence-corrected chi connectivity index (χ1v) is 19.4. The van der Waals surface area contributed by atoms with E-state index >= 15 is 0 Å². The predicted octanol–water partition coefficient (Wildman–Crippen LogP) is 9.14. The van der Waals surface area contributed by atoms with Crippen LogP contribution < -0.4 is 4.74 Å². The fraction of sp³-hybridized carbons (Fsp3) is 0.778. The number of esters is 2. The third-order valence-corrected chi connectivity index (χ3v) is 13.1. The lowest BCUT2D eigenvalue weighted by Crippen LogP contribution is -2.48. The number of benzene rings is 1. The molecule has 0 bridgehead atoms. The molecule has 0 heterocycles. The minimum atomic E-state index is -5.67. The van der Waals surface area contributed by atoms with Gasteiger partial charge in [-0.25, -0.2) is 8.42 Å². The highest BCUT2D eigenvalue weighted by molar-refractivity contribution is 7.91. The minimum Gasteiger partial charge on any atom is -0.462 e. The maximum Gasteiger partial charge on any atom is 0.453 e. The summed E-state index contributed by atoms with van der Waals surface area (Å²) in [5.74, 6) is -3.91. The highest BCUT2D eigenvalue weighted by atomic mass is 32.2. The monoisotopic (exact) mass is 706 g/mol. The van der Waals surface area contributed by atoms with Gasteiger partial charge in [0.25, 0.3) is 0 Å². The number of hydrogen-bond acceptors (Lipinski definition) is 6. The Morgan fingerprint density at radius 2 is 1.52 bits per heavy atom. The number of sulfone groups is 1. The lowest BCUT2D eigenvalue weighted by Gasteiger charge is -2.53. The molecule has 6 atom stereocenters. The average molecular weight is 707 g/mol. The highest BCUT2D eigenvalue weighted by Gasteiger charge is 2.58. The maximum absolute atomic E-state index is 13.0. The van der Waals surface area contributed by atoms with E-state index in [2.05, 4.69) is 13.0 Å². The van der Waals surface area contributed by atoms with Crippen LogP contribution in [0.2, 0.25) is 0 Å². The van der Waals surface area contributed by atoms with Crippen LogP contribution in [0.1, 0.15) is 128 Å². The molecule has 4 rings (SSSR count). The second-order valence-corrected chi connectivity index (χ2v) is 17.0. The molecule has 0 aromatic heterocycles. The zero-order valence-corrected chi connectivity index (χ0v) is 29.2. The molecule has 0 radical (unpaired) electrons. The first kappa shape index (κ1) is 38.6. The second kappa shape index (κ2) is 15.8. The number of ether oxygens (including phenoxy) is 2. The van der Waals surface area contributed by atoms with E-state index in [0.717, 1.165) is 70.6 Å². The lowest BCUT2D eigenvalue weighted by molar-refractivity contribution is -0.284. The number of carbonyl (C=O) groups excluding carboxylic acids is 2. The number of unbranched alkanes of at least 4 members (excludes halogenated alkanes) is 6. The van der Waals surface area contributed by atoms with Crippen molar-refractivity contribution in [3.8, 4) is 5.75 Å². The molecule has 12 heteroatoms. The summed E-state index contributed by atoms with van der Waals surface area (Å²) < 4.78 is 98.5. The smallest absolute Gasteiger partial charge is 0.453 e. The Labute approximate surface area is 281 Å². The van der Waals surface area contributed by atoms with Crippen molar-refractivity contribution in [2.75, 3.05) is 11.5 Å². The van der Waals surface area contributed by atoms with Crippen LogP contribution in [0.15, 0.2) is 18.2 Å².